The largest absolute Gasteiger partial charge is 0.496 e. The summed E-state index contributed by atoms with van der Waals surface area (Å²) in [6.07, 6.45) is -12.8. The number of esters is 1. The van der Waals surface area contributed by atoms with E-state index in [4.69, 9.17) is 18.6 Å². The van der Waals surface area contributed by atoms with Crippen LogP contribution < -0.4 is 9.47 Å². The van der Waals surface area contributed by atoms with Gasteiger partial charge in [-0.2, -0.15) is 17.6 Å². The maximum atomic E-state index is 14.2. The van der Waals surface area contributed by atoms with E-state index in [1.807, 2.05) is 32.0 Å². The van der Waals surface area contributed by atoms with Crippen molar-refractivity contribution in [3.63, 3.8) is 0 Å². The topological polar surface area (TPSA) is 76.4 Å². The van der Waals surface area contributed by atoms with Crippen molar-refractivity contribution in [1.29, 1.82) is 0 Å². The van der Waals surface area contributed by atoms with E-state index < -0.39 is 56.5 Å². The normalized spacial score (nSPS) is 13.3. The fourth-order valence-electron chi connectivity index (χ4n) is 5.19. The standard InChI is InChI=1S/C36H46F6O7/c1-7-8-9-10-25-11-14-28(31(20-25)44-6)32-21-26-12-13-27(22-30(26)47-32)45-17-15-34(37,38)48-36(41,42)49-35(39,40)16-18-46-33(43)29(24(4)5)19-23(2)3/h11-14,20-24,29H,7-10,15-19H2,1-6H3. The van der Waals surface area contributed by atoms with Crippen LogP contribution in [0.15, 0.2) is 46.9 Å². The van der Waals surface area contributed by atoms with Gasteiger partial charge in [-0.15, -0.1) is 8.78 Å². The Hall–Kier alpha value is -3.45. The summed E-state index contributed by atoms with van der Waals surface area (Å²) in [5, 5.41) is 0.688. The number of carbonyl (C=O) groups is 1. The van der Waals surface area contributed by atoms with Crippen molar-refractivity contribution in [2.75, 3.05) is 20.3 Å². The van der Waals surface area contributed by atoms with Crippen molar-refractivity contribution in [2.45, 2.75) is 98.1 Å². The van der Waals surface area contributed by atoms with Gasteiger partial charge < -0.3 is 18.6 Å². The van der Waals surface area contributed by atoms with Gasteiger partial charge >= 0.3 is 24.5 Å². The SMILES string of the molecule is CCCCCc1ccc(-c2cc3ccc(OCCC(F)(F)OC(F)(F)OC(F)(F)CCOC(=O)C(CC(C)C)C(C)C)cc3o2)c(OC)c1. The first-order chi connectivity index (χ1) is 22.9. The monoisotopic (exact) mass is 704 g/mol. The van der Waals surface area contributed by atoms with Gasteiger partial charge in [-0.1, -0.05) is 53.5 Å². The maximum Gasteiger partial charge on any atom is 0.494 e. The molecule has 1 atom stereocenters. The molecule has 49 heavy (non-hydrogen) atoms. The Kier molecular flexibility index (Phi) is 14.3. The second kappa shape index (κ2) is 17.5. The molecule has 0 aliphatic rings. The quantitative estimate of drug-likeness (QED) is 0.0473. The van der Waals surface area contributed by atoms with Crippen LogP contribution in [0.4, 0.5) is 26.3 Å². The summed E-state index contributed by atoms with van der Waals surface area (Å²) in [6.45, 7) is 7.63. The van der Waals surface area contributed by atoms with Crippen LogP contribution >= 0.6 is 0 Å². The fourth-order valence-corrected chi connectivity index (χ4v) is 5.19. The zero-order valence-corrected chi connectivity index (χ0v) is 28.8. The summed E-state index contributed by atoms with van der Waals surface area (Å²) in [5.41, 5.74) is 2.22. The summed E-state index contributed by atoms with van der Waals surface area (Å²) in [7, 11) is 1.56. The molecule has 0 saturated heterocycles. The van der Waals surface area contributed by atoms with Crippen LogP contribution in [0.1, 0.15) is 78.7 Å². The molecular formula is C36H46F6O7. The minimum atomic E-state index is -5.37. The highest BCUT2D eigenvalue weighted by Gasteiger charge is 2.52. The van der Waals surface area contributed by atoms with E-state index in [-0.39, 0.29) is 17.6 Å². The number of rotatable bonds is 21. The van der Waals surface area contributed by atoms with Crippen LogP contribution in [-0.2, 0) is 25.4 Å². The van der Waals surface area contributed by atoms with Crippen molar-refractivity contribution < 1.29 is 59.2 Å². The Morgan fingerprint density at radius 3 is 2.14 bits per heavy atom. The van der Waals surface area contributed by atoms with E-state index in [0.29, 0.717) is 34.5 Å². The molecule has 1 unspecified atom stereocenters. The molecule has 0 amide bonds. The number of halogens is 6. The number of benzene rings is 2. The number of carbonyl (C=O) groups excluding carboxylic acids is 1. The first-order valence-electron chi connectivity index (χ1n) is 16.5. The predicted molar refractivity (Wildman–Crippen MR) is 172 cm³/mol. The third kappa shape index (κ3) is 12.7. The summed E-state index contributed by atoms with van der Waals surface area (Å²) in [5.74, 6) is -0.125. The van der Waals surface area contributed by atoms with Gasteiger partial charge in [0.25, 0.3) is 0 Å². The Labute approximate surface area is 283 Å². The van der Waals surface area contributed by atoms with Gasteiger partial charge in [0, 0.05) is 11.5 Å². The minimum Gasteiger partial charge on any atom is -0.496 e. The second-order valence-corrected chi connectivity index (χ2v) is 12.7. The van der Waals surface area contributed by atoms with Gasteiger partial charge in [0.15, 0.2) is 0 Å². The molecule has 3 aromatic rings. The van der Waals surface area contributed by atoms with Gasteiger partial charge in [-0.25, -0.2) is 9.47 Å². The van der Waals surface area contributed by atoms with Gasteiger partial charge in [0.05, 0.1) is 44.6 Å². The zero-order valence-electron chi connectivity index (χ0n) is 28.8. The summed E-state index contributed by atoms with van der Waals surface area (Å²) >= 11 is 0. The Morgan fingerprint density at radius 1 is 0.857 bits per heavy atom. The molecule has 13 heteroatoms. The lowest BCUT2D eigenvalue weighted by molar-refractivity contribution is -0.514. The van der Waals surface area contributed by atoms with Crippen LogP contribution in [0, 0.1) is 17.8 Å². The van der Waals surface area contributed by atoms with E-state index in [1.165, 1.54) is 12.1 Å². The highest BCUT2D eigenvalue weighted by molar-refractivity contribution is 5.85. The van der Waals surface area contributed by atoms with Crippen LogP contribution in [0.25, 0.3) is 22.3 Å². The molecule has 0 radical (unpaired) electrons. The molecule has 1 heterocycles. The number of methoxy groups -OCH3 is 1. The molecule has 2 aromatic carbocycles. The summed E-state index contributed by atoms with van der Waals surface area (Å²) < 4.78 is 113. The number of unbranched alkanes of at least 4 members (excludes halogenated alkanes) is 2. The number of hydrogen-bond acceptors (Lipinski definition) is 7. The predicted octanol–water partition coefficient (Wildman–Crippen LogP) is 10.6. The third-order valence-electron chi connectivity index (χ3n) is 7.76. The average molecular weight is 705 g/mol. The second-order valence-electron chi connectivity index (χ2n) is 12.7. The molecule has 274 valence electrons. The van der Waals surface area contributed by atoms with Crippen LogP contribution in [0.5, 0.6) is 11.5 Å². The van der Waals surface area contributed by atoms with E-state index in [9.17, 15) is 31.1 Å². The lowest BCUT2D eigenvalue weighted by atomic mass is 9.88. The number of furan rings is 1. The third-order valence-corrected chi connectivity index (χ3v) is 7.76. The Morgan fingerprint density at radius 2 is 1.53 bits per heavy atom. The van der Waals surface area contributed by atoms with E-state index in [2.05, 4.69) is 16.4 Å². The van der Waals surface area contributed by atoms with Crippen molar-refractivity contribution in [1.82, 2.24) is 0 Å². The number of ether oxygens (including phenoxy) is 5. The Bertz CT molecular complexity index is 1490. The number of hydrogen-bond donors (Lipinski definition) is 0. The number of fused-ring (bicyclic) bond motifs is 1. The molecule has 0 spiro atoms. The van der Waals surface area contributed by atoms with Crippen molar-refractivity contribution in [2.24, 2.45) is 17.8 Å². The first kappa shape index (κ1) is 40.0. The fraction of sp³-hybridized carbons (Fsp3) is 0.583. The molecule has 7 nitrogen and oxygen atoms in total. The van der Waals surface area contributed by atoms with E-state index >= 15 is 0 Å². The van der Waals surface area contributed by atoms with Gasteiger partial charge in [-0.05, 0) is 67.0 Å². The lowest BCUT2D eigenvalue weighted by Gasteiger charge is -2.27. The van der Waals surface area contributed by atoms with Crippen LogP contribution in [0.2, 0.25) is 0 Å². The van der Waals surface area contributed by atoms with Crippen LogP contribution in [-0.4, -0.2) is 44.8 Å². The molecule has 1 aromatic heterocycles. The summed E-state index contributed by atoms with van der Waals surface area (Å²) in [4.78, 5) is 12.3. The van der Waals surface area contributed by atoms with E-state index in [1.54, 1.807) is 33.1 Å². The molecule has 0 fully saturated rings. The Balaban J connectivity index is 1.53. The van der Waals surface area contributed by atoms with Gasteiger partial charge in [-0.3, -0.25) is 4.79 Å². The average Bonchev–Trinajstić information content (AvgIpc) is 3.41. The van der Waals surface area contributed by atoms with Crippen molar-refractivity contribution in [3.8, 4) is 22.8 Å². The molecule has 3 rings (SSSR count). The van der Waals surface area contributed by atoms with E-state index in [0.717, 1.165) is 31.2 Å². The highest BCUT2D eigenvalue weighted by atomic mass is 19.3. The molecule has 0 aliphatic carbocycles. The molecule has 0 aliphatic heterocycles. The lowest BCUT2D eigenvalue weighted by Crippen LogP contribution is -2.41. The highest BCUT2D eigenvalue weighted by Crippen LogP contribution is 2.38. The molecule has 0 saturated carbocycles. The molecular weight excluding hydrogens is 658 g/mol. The van der Waals surface area contributed by atoms with Gasteiger partial charge in [0.2, 0.25) is 0 Å². The van der Waals surface area contributed by atoms with Crippen molar-refractivity contribution >= 4 is 16.9 Å². The minimum absolute atomic E-state index is 0.0969. The first-order valence-corrected chi connectivity index (χ1v) is 16.5. The van der Waals surface area contributed by atoms with Crippen LogP contribution in [0.3, 0.4) is 0 Å². The zero-order chi connectivity index (χ0) is 36.4. The molecule has 0 N–H and O–H groups in total. The summed E-state index contributed by atoms with van der Waals surface area (Å²) in [6, 6.07) is 12.2. The number of alkyl halides is 6. The van der Waals surface area contributed by atoms with Gasteiger partial charge in [0.1, 0.15) is 22.8 Å². The number of aryl methyl sites for hydroxylation is 1. The maximum absolute atomic E-state index is 14.2. The van der Waals surface area contributed by atoms with Crippen molar-refractivity contribution in [3.05, 3.63) is 48.0 Å². The molecule has 0 bridgehead atoms. The smallest absolute Gasteiger partial charge is 0.494 e.